The Balaban J connectivity index is 1.30. The van der Waals surface area contributed by atoms with Crippen LogP contribution in [0.15, 0.2) is 41.6 Å². The first-order valence-electron chi connectivity index (χ1n) is 9.88. The molecule has 13 heteroatoms. The van der Waals surface area contributed by atoms with Gasteiger partial charge in [-0.15, -0.1) is 4.79 Å². The number of nitrogens with one attached hydrogen (secondary N) is 1. The van der Waals surface area contributed by atoms with E-state index >= 15 is 0 Å². The molecule has 32 heavy (non-hydrogen) atoms. The highest BCUT2D eigenvalue weighted by Crippen LogP contribution is 2.28. The molecule has 0 fully saturated rings. The fraction of sp³-hybridized carbons (Fsp3) is 0.421. The topological polar surface area (TPSA) is 103 Å². The first-order valence-corrected chi connectivity index (χ1v) is 9.88. The normalized spacial score (nSPS) is 14.8. The molecule has 1 N–H and O–H groups in total. The summed E-state index contributed by atoms with van der Waals surface area (Å²) in [6.07, 6.45) is -1.37. The Labute approximate surface area is 180 Å². The second kappa shape index (κ2) is 8.94. The van der Waals surface area contributed by atoms with Gasteiger partial charge in [0.25, 0.3) is 5.56 Å². The Bertz CT molecular complexity index is 1110. The Morgan fingerprint density at radius 3 is 2.75 bits per heavy atom. The monoisotopic (exact) mass is 450 g/mol. The third-order valence-electron chi connectivity index (χ3n) is 4.77. The summed E-state index contributed by atoms with van der Waals surface area (Å²) in [5.74, 6) is 0.243. The number of nitrogens with zero attached hydrogens (tertiary/aromatic N) is 7. The van der Waals surface area contributed by atoms with Crippen molar-refractivity contribution in [3.8, 4) is 0 Å². The number of halogens is 3. The fourth-order valence-corrected chi connectivity index (χ4v) is 3.24. The van der Waals surface area contributed by atoms with Crippen LogP contribution in [0.1, 0.15) is 23.9 Å². The number of aromatic nitrogens is 6. The van der Waals surface area contributed by atoms with E-state index < -0.39 is 11.7 Å². The fourth-order valence-electron chi connectivity index (χ4n) is 3.24. The van der Waals surface area contributed by atoms with Crippen molar-refractivity contribution in [3.05, 3.63) is 64.1 Å². The lowest BCUT2D eigenvalue weighted by Crippen LogP contribution is -2.37. The van der Waals surface area contributed by atoms with E-state index in [4.69, 9.17) is 4.74 Å². The number of hydrogen-bond donors (Lipinski definition) is 1. The predicted octanol–water partition coefficient (Wildman–Crippen LogP) is 1.42. The Kier molecular flexibility index (Phi) is 6.08. The maximum Gasteiger partial charge on any atom is 0.419 e. The number of fused-ring (bicyclic) bond motifs is 1. The quantitative estimate of drug-likeness (QED) is 0.577. The molecular weight excluding hydrogens is 429 g/mol. The highest BCUT2D eigenvalue weighted by atomic mass is 19.4. The molecule has 3 aromatic rings. The van der Waals surface area contributed by atoms with Crippen molar-refractivity contribution >= 4 is 5.95 Å². The summed E-state index contributed by atoms with van der Waals surface area (Å²) in [5, 5.41) is 8.44. The van der Waals surface area contributed by atoms with Gasteiger partial charge < -0.3 is 15.1 Å². The largest absolute Gasteiger partial charge is 0.419 e. The minimum Gasteiger partial charge on any atom is -0.373 e. The first kappa shape index (κ1) is 21.7. The van der Waals surface area contributed by atoms with Gasteiger partial charge >= 0.3 is 6.18 Å². The van der Waals surface area contributed by atoms with E-state index in [9.17, 15) is 18.0 Å². The third-order valence-corrected chi connectivity index (χ3v) is 4.77. The summed E-state index contributed by atoms with van der Waals surface area (Å²) >= 11 is 0. The van der Waals surface area contributed by atoms with Crippen molar-refractivity contribution < 1.29 is 17.9 Å². The number of alkyl halides is 3. The molecule has 1 unspecified atom stereocenters. The van der Waals surface area contributed by atoms with Gasteiger partial charge in [0.1, 0.15) is 0 Å². The van der Waals surface area contributed by atoms with Gasteiger partial charge in [0.05, 0.1) is 49.3 Å². The van der Waals surface area contributed by atoms with Crippen LogP contribution in [0.25, 0.3) is 0 Å². The minimum absolute atomic E-state index is 0.160. The summed E-state index contributed by atoms with van der Waals surface area (Å²) in [5.41, 5.74) is 3.42. The standard InChI is InChI=1S/C19H21F3N8O2/c1-13(26-30-17(31)3-2-4-25-30)11-32-12-15-7-16-10-28(5-6-29(16)27-15)18-23-8-14(9-24-18)19(20,21)22/h2-4,7-9,13,26H,5-6,10-12H2,1H3. The van der Waals surface area contributed by atoms with Crippen molar-refractivity contribution in [1.82, 2.24) is 29.6 Å². The van der Waals surface area contributed by atoms with Crippen LogP contribution in [0, 0.1) is 0 Å². The number of anilines is 1. The van der Waals surface area contributed by atoms with E-state index in [1.807, 2.05) is 17.7 Å². The lowest BCUT2D eigenvalue weighted by atomic mass is 10.3. The molecule has 10 nitrogen and oxygen atoms in total. The zero-order valence-corrected chi connectivity index (χ0v) is 17.2. The smallest absolute Gasteiger partial charge is 0.373 e. The Morgan fingerprint density at radius 2 is 2.03 bits per heavy atom. The van der Waals surface area contributed by atoms with E-state index in [0.29, 0.717) is 26.2 Å². The van der Waals surface area contributed by atoms with Crippen LogP contribution in [0.2, 0.25) is 0 Å². The molecule has 0 aliphatic carbocycles. The van der Waals surface area contributed by atoms with Gasteiger partial charge in [0, 0.05) is 31.2 Å². The molecular formula is C19H21F3N8O2. The van der Waals surface area contributed by atoms with E-state index in [1.54, 1.807) is 11.0 Å². The SMILES string of the molecule is CC(COCc1cc2n(n1)CCN(c1ncc(C(F)(F)F)cn1)C2)Nn1ncccc1=O. The Morgan fingerprint density at radius 1 is 1.25 bits per heavy atom. The van der Waals surface area contributed by atoms with E-state index in [0.717, 1.165) is 28.6 Å². The summed E-state index contributed by atoms with van der Waals surface area (Å²) < 4.78 is 45.6. The molecule has 0 amide bonds. The van der Waals surface area contributed by atoms with Gasteiger partial charge in [0.2, 0.25) is 5.95 Å². The van der Waals surface area contributed by atoms with Crippen LogP contribution in [0.5, 0.6) is 0 Å². The second-order valence-corrected chi connectivity index (χ2v) is 7.36. The molecule has 1 aliphatic heterocycles. The van der Waals surface area contributed by atoms with Crippen LogP contribution >= 0.6 is 0 Å². The second-order valence-electron chi connectivity index (χ2n) is 7.36. The molecule has 0 radical (unpaired) electrons. The maximum atomic E-state index is 12.7. The highest BCUT2D eigenvalue weighted by Gasteiger charge is 2.32. The van der Waals surface area contributed by atoms with Gasteiger partial charge in [-0.1, -0.05) is 0 Å². The number of hydrogen-bond acceptors (Lipinski definition) is 8. The van der Waals surface area contributed by atoms with Gasteiger partial charge in [-0.2, -0.15) is 23.4 Å². The lowest BCUT2D eigenvalue weighted by Gasteiger charge is -2.27. The van der Waals surface area contributed by atoms with Gasteiger partial charge in [-0.3, -0.25) is 9.48 Å². The Hall–Kier alpha value is -3.48. The molecule has 1 aliphatic rings. The van der Waals surface area contributed by atoms with Crippen LogP contribution in [0.3, 0.4) is 0 Å². The first-order chi connectivity index (χ1) is 15.3. The summed E-state index contributed by atoms with van der Waals surface area (Å²) in [4.78, 5) is 22.4. The summed E-state index contributed by atoms with van der Waals surface area (Å²) in [7, 11) is 0. The van der Waals surface area contributed by atoms with Gasteiger partial charge in [-0.25, -0.2) is 9.97 Å². The van der Waals surface area contributed by atoms with E-state index in [-0.39, 0.29) is 24.2 Å². The molecule has 0 bridgehead atoms. The molecule has 0 spiro atoms. The zero-order valence-electron chi connectivity index (χ0n) is 17.2. The molecule has 3 aromatic heterocycles. The number of ether oxygens (including phenoxy) is 1. The van der Waals surface area contributed by atoms with Crippen molar-refractivity contribution in [2.24, 2.45) is 0 Å². The molecule has 4 rings (SSSR count). The maximum absolute atomic E-state index is 12.7. The average molecular weight is 450 g/mol. The van der Waals surface area contributed by atoms with Crippen molar-refractivity contribution in [3.63, 3.8) is 0 Å². The predicted molar refractivity (Wildman–Crippen MR) is 107 cm³/mol. The lowest BCUT2D eigenvalue weighted by molar-refractivity contribution is -0.138. The molecule has 0 saturated carbocycles. The average Bonchev–Trinajstić information content (AvgIpc) is 3.17. The van der Waals surface area contributed by atoms with Crippen molar-refractivity contribution in [2.45, 2.75) is 38.8 Å². The highest BCUT2D eigenvalue weighted by molar-refractivity contribution is 5.33. The van der Waals surface area contributed by atoms with Crippen molar-refractivity contribution in [2.75, 3.05) is 23.5 Å². The van der Waals surface area contributed by atoms with Crippen LogP contribution in [-0.2, 0) is 30.6 Å². The zero-order chi connectivity index (χ0) is 22.7. The summed E-state index contributed by atoms with van der Waals surface area (Å²) in [6.45, 7) is 3.98. The van der Waals surface area contributed by atoms with Gasteiger partial charge in [0.15, 0.2) is 0 Å². The molecule has 1 atom stereocenters. The van der Waals surface area contributed by atoms with Gasteiger partial charge in [-0.05, 0) is 19.1 Å². The molecule has 0 saturated heterocycles. The number of rotatable bonds is 7. The molecule has 4 heterocycles. The van der Waals surface area contributed by atoms with Crippen LogP contribution in [-0.4, -0.2) is 48.8 Å². The van der Waals surface area contributed by atoms with Crippen LogP contribution < -0.4 is 15.9 Å². The summed E-state index contributed by atoms with van der Waals surface area (Å²) in [6, 6.07) is 4.69. The minimum atomic E-state index is -4.46. The van der Waals surface area contributed by atoms with E-state index in [1.165, 1.54) is 12.3 Å². The van der Waals surface area contributed by atoms with Crippen molar-refractivity contribution in [1.29, 1.82) is 0 Å². The molecule has 0 aromatic carbocycles. The van der Waals surface area contributed by atoms with E-state index in [2.05, 4.69) is 25.6 Å². The van der Waals surface area contributed by atoms with Crippen LogP contribution in [0.4, 0.5) is 19.1 Å². The third kappa shape index (κ3) is 5.04. The molecule has 170 valence electrons.